The Labute approximate surface area is 259 Å². The molecular formula is C35H43N3O6. The van der Waals surface area contributed by atoms with Gasteiger partial charge in [-0.15, -0.1) is 6.58 Å². The van der Waals surface area contributed by atoms with Crippen molar-refractivity contribution in [1.82, 2.24) is 15.7 Å². The molecule has 3 atom stereocenters. The number of hydrogen-bond acceptors (Lipinski definition) is 7. The summed E-state index contributed by atoms with van der Waals surface area (Å²) in [7, 11) is 2.05. The molecule has 1 fully saturated rings. The Morgan fingerprint density at radius 1 is 0.932 bits per heavy atom. The number of rotatable bonds is 15. The number of carbonyl (C=O) groups is 2. The van der Waals surface area contributed by atoms with Gasteiger partial charge in [0.2, 0.25) is 11.8 Å². The quantitative estimate of drug-likeness (QED) is 0.0819. The predicted molar refractivity (Wildman–Crippen MR) is 168 cm³/mol. The van der Waals surface area contributed by atoms with Gasteiger partial charge in [-0.3, -0.25) is 14.8 Å². The highest BCUT2D eigenvalue weighted by atomic mass is 16.7. The van der Waals surface area contributed by atoms with E-state index in [1.165, 1.54) is 0 Å². The summed E-state index contributed by atoms with van der Waals surface area (Å²) < 4.78 is 12.9. The molecule has 0 radical (unpaired) electrons. The van der Waals surface area contributed by atoms with Crippen LogP contribution in [0, 0.1) is 0 Å². The van der Waals surface area contributed by atoms with E-state index in [1.54, 1.807) is 5.48 Å². The fourth-order valence-corrected chi connectivity index (χ4v) is 5.29. The molecule has 3 unspecified atom stereocenters. The molecule has 44 heavy (non-hydrogen) atoms. The third kappa shape index (κ3) is 9.83. The molecule has 4 N–H and O–H groups in total. The molecule has 3 aromatic rings. The predicted octanol–water partition coefficient (Wildman–Crippen LogP) is 5.19. The molecule has 3 aromatic carbocycles. The minimum absolute atomic E-state index is 0.00541. The Balaban J connectivity index is 1.39. The summed E-state index contributed by atoms with van der Waals surface area (Å²) in [5.41, 5.74) is 7.51. The van der Waals surface area contributed by atoms with Gasteiger partial charge in [0.1, 0.15) is 0 Å². The van der Waals surface area contributed by atoms with Gasteiger partial charge < -0.3 is 24.8 Å². The van der Waals surface area contributed by atoms with Crippen molar-refractivity contribution >= 4 is 11.8 Å². The number of ether oxygens (including phenoxy) is 2. The van der Waals surface area contributed by atoms with Crippen molar-refractivity contribution in [3.63, 3.8) is 0 Å². The van der Waals surface area contributed by atoms with E-state index in [-0.39, 0.29) is 31.1 Å². The van der Waals surface area contributed by atoms with Crippen LogP contribution in [-0.2, 0) is 32.2 Å². The largest absolute Gasteiger partial charge is 0.392 e. The van der Waals surface area contributed by atoms with Gasteiger partial charge in [-0.25, -0.2) is 5.48 Å². The van der Waals surface area contributed by atoms with Gasteiger partial charge in [-0.05, 0) is 53.8 Å². The smallest absolute Gasteiger partial charge is 0.243 e. The summed E-state index contributed by atoms with van der Waals surface area (Å²) in [6, 6.07) is 24.1. The lowest BCUT2D eigenvalue weighted by Gasteiger charge is -2.37. The van der Waals surface area contributed by atoms with Crippen molar-refractivity contribution in [3.05, 3.63) is 108 Å². The lowest BCUT2D eigenvalue weighted by molar-refractivity contribution is -0.252. The number of aliphatic hydroxyl groups is 1. The maximum atomic E-state index is 12.2. The van der Waals surface area contributed by atoms with Crippen LogP contribution in [0.4, 0.5) is 0 Å². The molecule has 1 saturated heterocycles. The third-order valence-electron chi connectivity index (χ3n) is 7.69. The zero-order chi connectivity index (χ0) is 31.3. The standard InChI is InChI=1S/C35H43N3O6/c1-3-19-38(2)23-31-21-32(28-13-11-25(24-39)12-14-28)44-35(43-31)29-17-15-27(16-18-29)30-8-6-7-26(20-30)22-36-33(40)9-4-5-10-34(41)37-42/h3,6-8,11-18,20,31-32,35,39,42H,1,4-5,9-10,19,21-24H2,2H3,(H,36,40)(H,37,41). The number of carbonyl (C=O) groups excluding carboxylic acids is 2. The van der Waals surface area contributed by atoms with Crippen LogP contribution in [0.1, 0.15) is 66.8 Å². The number of likely N-dealkylation sites (N-methyl/N-ethyl adjacent to an activating group) is 1. The fourth-order valence-electron chi connectivity index (χ4n) is 5.29. The number of nitrogens with one attached hydrogen (secondary N) is 2. The average Bonchev–Trinajstić information content (AvgIpc) is 3.05. The number of amides is 2. The van der Waals surface area contributed by atoms with E-state index >= 15 is 0 Å². The SMILES string of the molecule is C=CCN(C)CC1CC(c2ccc(CO)cc2)OC(c2ccc(-c3cccc(CNC(=O)CCCCC(=O)NO)c3)cc2)O1. The Kier molecular flexibility index (Phi) is 12.6. The minimum Gasteiger partial charge on any atom is -0.392 e. The Morgan fingerprint density at radius 2 is 1.64 bits per heavy atom. The molecule has 0 bridgehead atoms. The summed E-state index contributed by atoms with van der Waals surface area (Å²) in [6.45, 7) is 5.78. The first kappa shape index (κ1) is 33.0. The van der Waals surface area contributed by atoms with E-state index in [0.717, 1.165) is 52.9 Å². The van der Waals surface area contributed by atoms with Crippen LogP contribution in [0.5, 0.6) is 0 Å². The van der Waals surface area contributed by atoms with Crippen molar-refractivity contribution in [2.24, 2.45) is 0 Å². The van der Waals surface area contributed by atoms with Crippen LogP contribution in [0.2, 0.25) is 0 Å². The van der Waals surface area contributed by atoms with Crippen molar-refractivity contribution in [1.29, 1.82) is 0 Å². The van der Waals surface area contributed by atoms with Crippen LogP contribution >= 0.6 is 0 Å². The summed E-state index contributed by atoms with van der Waals surface area (Å²) in [4.78, 5) is 25.5. The van der Waals surface area contributed by atoms with Gasteiger partial charge in [0, 0.05) is 44.5 Å². The van der Waals surface area contributed by atoms with Gasteiger partial charge >= 0.3 is 0 Å². The molecule has 0 aromatic heterocycles. The van der Waals surface area contributed by atoms with Crippen LogP contribution in [0.15, 0.2) is 85.5 Å². The highest BCUT2D eigenvalue weighted by Crippen LogP contribution is 2.38. The number of hydroxylamine groups is 1. The van der Waals surface area contributed by atoms with E-state index in [9.17, 15) is 14.7 Å². The van der Waals surface area contributed by atoms with Gasteiger partial charge in [0.05, 0.1) is 18.8 Å². The van der Waals surface area contributed by atoms with Crippen LogP contribution in [0.25, 0.3) is 11.1 Å². The highest BCUT2D eigenvalue weighted by Gasteiger charge is 2.32. The number of nitrogens with zero attached hydrogens (tertiary/aromatic N) is 1. The Hall–Kier alpha value is -3.86. The van der Waals surface area contributed by atoms with Gasteiger partial charge in [0.25, 0.3) is 0 Å². The zero-order valence-corrected chi connectivity index (χ0v) is 25.3. The number of hydrogen-bond donors (Lipinski definition) is 4. The van der Waals surface area contributed by atoms with Crippen LogP contribution in [0.3, 0.4) is 0 Å². The molecule has 4 rings (SSSR count). The van der Waals surface area contributed by atoms with Crippen molar-refractivity contribution in [3.8, 4) is 11.1 Å². The summed E-state index contributed by atoms with van der Waals surface area (Å²) in [6.07, 6.45) is 3.52. The van der Waals surface area contributed by atoms with Crippen molar-refractivity contribution in [2.75, 3.05) is 20.1 Å². The maximum Gasteiger partial charge on any atom is 0.243 e. The molecule has 1 heterocycles. The second-order valence-corrected chi connectivity index (χ2v) is 11.2. The minimum atomic E-state index is -0.526. The van der Waals surface area contributed by atoms with Crippen LogP contribution < -0.4 is 10.8 Å². The molecular weight excluding hydrogens is 558 g/mol. The van der Waals surface area contributed by atoms with Crippen molar-refractivity contribution in [2.45, 2.75) is 63.8 Å². The first-order valence-corrected chi connectivity index (χ1v) is 15.1. The lowest BCUT2D eigenvalue weighted by atomic mass is 9.99. The third-order valence-corrected chi connectivity index (χ3v) is 7.69. The molecule has 234 valence electrons. The Morgan fingerprint density at radius 3 is 2.32 bits per heavy atom. The van der Waals surface area contributed by atoms with Gasteiger partial charge in [-0.2, -0.15) is 0 Å². The molecule has 2 amide bonds. The number of aliphatic hydroxyl groups excluding tert-OH is 1. The summed E-state index contributed by atoms with van der Waals surface area (Å²) >= 11 is 0. The molecule has 0 aliphatic carbocycles. The first-order valence-electron chi connectivity index (χ1n) is 15.1. The molecule has 0 spiro atoms. The zero-order valence-electron chi connectivity index (χ0n) is 25.3. The molecule has 1 aliphatic rings. The fraction of sp³-hybridized carbons (Fsp3) is 0.371. The van der Waals surface area contributed by atoms with Crippen molar-refractivity contribution < 1.29 is 29.4 Å². The van der Waals surface area contributed by atoms with Gasteiger partial charge in [-0.1, -0.05) is 72.8 Å². The summed E-state index contributed by atoms with van der Waals surface area (Å²) in [5, 5.41) is 20.9. The normalized spacial score (nSPS) is 18.1. The van der Waals surface area contributed by atoms with E-state index in [4.69, 9.17) is 14.7 Å². The summed E-state index contributed by atoms with van der Waals surface area (Å²) in [5.74, 6) is -0.520. The first-order chi connectivity index (χ1) is 21.4. The molecule has 9 heteroatoms. The average molecular weight is 602 g/mol. The Bertz CT molecular complexity index is 1360. The second-order valence-electron chi connectivity index (χ2n) is 11.2. The molecule has 9 nitrogen and oxygen atoms in total. The lowest BCUT2D eigenvalue weighted by Crippen LogP contribution is -2.37. The number of unbranched alkanes of at least 4 members (excludes halogenated alkanes) is 1. The van der Waals surface area contributed by atoms with E-state index in [0.29, 0.717) is 25.8 Å². The molecule has 0 saturated carbocycles. The van der Waals surface area contributed by atoms with E-state index < -0.39 is 12.2 Å². The number of benzene rings is 3. The van der Waals surface area contributed by atoms with Gasteiger partial charge in [0.15, 0.2) is 6.29 Å². The highest BCUT2D eigenvalue weighted by molar-refractivity contribution is 5.76. The van der Waals surface area contributed by atoms with Crippen LogP contribution in [-0.4, -0.2) is 53.3 Å². The maximum absolute atomic E-state index is 12.2. The second kappa shape index (κ2) is 16.8. The monoisotopic (exact) mass is 601 g/mol. The van der Waals surface area contributed by atoms with E-state index in [1.807, 2.05) is 60.7 Å². The van der Waals surface area contributed by atoms with E-state index in [2.05, 4.69) is 42.0 Å². The topological polar surface area (TPSA) is 120 Å². The molecule has 1 aliphatic heterocycles.